The number of aryl methyl sites for hydroxylation is 1. The van der Waals surface area contributed by atoms with Crippen LogP contribution in [0.3, 0.4) is 0 Å². The number of nitrogens with zero attached hydrogens (tertiary/aromatic N) is 1. The van der Waals surface area contributed by atoms with Crippen molar-refractivity contribution in [3.8, 4) is 5.75 Å². The highest BCUT2D eigenvalue weighted by atomic mass is 16.5. The SMILES string of the molecule is Cc1ccc2c(c1)N(C)c1ccccc1C2(C(=O)Oc1ccccc1)C(C)O. The minimum absolute atomic E-state index is 0.456. The maximum absolute atomic E-state index is 13.6. The molecule has 0 saturated heterocycles. The number of anilines is 2. The minimum Gasteiger partial charge on any atom is -0.426 e. The maximum Gasteiger partial charge on any atom is 0.329 e. The molecule has 2 unspecified atom stereocenters. The summed E-state index contributed by atoms with van der Waals surface area (Å²) in [5, 5.41) is 11.0. The van der Waals surface area contributed by atoms with Crippen molar-refractivity contribution in [3.05, 3.63) is 89.5 Å². The van der Waals surface area contributed by atoms with Gasteiger partial charge in [-0.25, -0.2) is 0 Å². The van der Waals surface area contributed by atoms with Gasteiger partial charge in [0.15, 0.2) is 0 Å². The molecular formula is C24H23NO3. The Kier molecular flexibility index (Phi) is 4.44. The van der Waals surface area contributed by atoms with Gasteiger partial charge in [0, 0.05) is 29.5 Å². The fraction of sp³-hybridized carbons (Fsp3) is 0.208. The van der Waals surface area contributed by atoms with E-state index in [9.17, 15) is 9.90 Å². The first-order valence-corrected chi connectivity index (χ1v) is 9.36. The van der Waals surface area contributed by atoms with Gasteiger partial charge in [0.25, 0.3) is 0 Å². The zero-order valence-corrected chi connectivity index (χ0v) is 16.2. The Morgan fingerprint density at radius 1 is 0.964 bits per heavy atom. The molecule has 1 aliphatic heterocycles. The van der Waals surface area contributed by atoms with Crippen LogP contribution in [0.1, 0.15) is 23.6 Å². The fourth-order valence-electron chi connectivity index (χ4n) is 4.14. The molecule has 0 radical (unpaired) electrons. The summed E-state index contributed by atoms with van der Waals surface area (Å²) in [5.74, 6) is -0.0306. The summed E-state index contributed by atoms with van der Waals surface area (Å²) in [6, 6.07) is 22.6. The molecule has 0 spiro atoms. The molecule has 1 heterocycles. The number of aliphatic hydroxyl groups excluding tert-OH is 1. The Morgan fingerprint density at radius 3 is 2.32 bits per heavy atom. The number of benzene rings is 3. The third kappa shape index (κ3) is 2.60. The molecule has 0 amide bonds. The average molecular weight is 373 g/mol. The molecule has 142 valence electrons. The second-order valence-corrected chi connectivity index (χ2v) is 7.28. The summed E-state index contributed by atoms with van der Waals surface area (Å²) < 4.78 is 5.78. The first-order valence-electron chi connectivity index (χ1n) is 9.36. The van der Waals surface area contributed by atoms with Crippen LogP contribution in [0.15, 0.2) is 72.8 Å². The van der Waals surface area contributed by atoms with Crippen LogP contribution in [0, 0.1) is 6.92 Å². The number of esters is 1. The van der Waals surface area contributed by atoms with Gasteiger partial charge in [-0.2, -0.15) is 0 Å². The normalized spacial score (nSPS) is 18.8. The predicted octanol–water partition coefficient (Wildman–Crippen LogP) is 4.35. The van der Waals surface area contributed by atoms with Crippen molar-refractivity contribution < 1.29 is 14.6 Å². The Labute approximate surface area is 165 Å². The summed E-state index contributed by atoms with van der Waals surface area (Å²) in [4.78, 5) is 15.7. The summed E-state index contributed by atoms with van der Waals surface area (Å²) >= 11 is 0. The van der Waals surface area contributed by atoms with E-state index in [0.717, 1.165) is 28.1 Å². The van der Waals surface area contributed by atoms with Gasteiger partial charge in [-0.15, -0.1) is 0 Å². The van der Waals surface area contributed by atoms with Crippen molar-refractivity contribution in [2.45, 2.75) is 25.4 Å². The molecule has 0 saturated carbocycles. The second kappa shape index (κ2) is 6.80. The monoisotopic (exact) mass is 373 g/mol. The van der Waals surface area contributed by atoms with Crippen LogP contribution < -0.4 is 9.64 Å². The van der Waals surface area contributed by atoms with Crippen LogP contribution in [0.25, 0.3) is 0 Å². The van der Waals surface area contributed by atoms with E-state index >= 15 is 0 Å². The highest BCUT2D eigenvalue weighted by Crippen LogP contribution is 2.51. The molecule has 0 fully saturated rings. The number of fused-ring (bicyclic) bond motifs is 2. The molecule has 4 heteroatoms. The van der Waals surface area contributed by atoms with E-state index in [4.69, 9.17) is 4.74 Å². The zero-order chi connectivity index (χ0) is 19.9. The van der Waals surface area contributed by atoms with Crippen LogP contribution in [0.5, 0.6) is 5.75 Å². The Hall–Kier alpha value is -3.11. The second-order valence-electron chi connectivity index (χ2n) is 7.28. The lowest BCUT2D eigenvalue weighted by molar-refractivity contribution is -0.143. The Balaban J connectivity index is 1.98. The quantitative estimate of drug-likeness (QED) is 0.548. The zero-order valence-electron chi connectivity index (χ0n) is 16.2. The number of hydrogen-bond acceptors (Lipinski definition) is 4. The summed E-state index contributed by atoms with van der Waals surface area (Å²) in [6.07, 6.45) is -0.986. The molecule has 1 N–H and O–H groups in total. The third-order valence-electron chi connectivity index (χ3n) is 5.53. The summed E-state index contributed by atoms with van der Waals surface area (Å²) in [5.41, 5.74) is 3.03. The van der Waals surface area contributed by atoms with Gasteiger partial charge in [0.05, 0.1) is 6.10 Å². The minimum atomic E-state index is -1.32. The fourth-order valence-corrected chi connectivity index (χ4v) is 4.14. The van der Waals surface area contributed by atoms with E-state index < -0.39 is 17.5 Å². The molecule has 28 heavy (non-hydrogen) atoms. The van der Waals surface area contributed by atoms with E-state index in [2.05, 4.69) is 4.90 Å². The molecule has 0 aliphatic carbocycles. The van der Waals surface area contributed by atoms with Gasteiger partial charge in [-0.1, -0.05) is 48.5 Å². The molecular weight excluding hydrogens is 350 g/mol. The molecule has 0 aromatic heterocycles. The lowest BCUT2D eigenvalue weighted by Gasteiger charge is -2.44. The van der Waals surface area contributed by atoms with E-state index in [1.807, 2.05) is 74.6 Å². The number of aliphatic hydroxyl groups is 1. The van der Waals surface area contributed by atoms with Gasteiger partial charge in [-0.05, 0) is 43.7 Å². The van der Waals surface area contributed by atoms with E-state index in [-0.39, 0.29) is 0 Å². The van der Waals surface area contributed by atoms with Gasteiger partial charge < -0.3 is 14.7 Å². The van der Waals surface area contributed by atoms with E-state index in [1.165, 1.54) is 0 Å². The number of ether oxygens (including phenoxy) is 1. The van der Waals surface area contributed by atoms with Crippen molar-refractivity contribution in [3.63, 3.8) is 0 Å². The average Bonchev–Trinajstić information content (AvgIpc) is 2.69. The molecule has 4 rings (SSSR count). The van der Waals surface area contributed by atoms with Crippen molar-refractivity contribution in [2.24, 2.45) is 0 Å². The molecule has 4 nitrogen and oxygen atoms in total. The summed E-state index contributed by atoms with van der Waals surface area (Å²) in [6.45, 7) is 3.67. The van der Waals surface area contributed by atoms with Gasteiger partial charge in [0.1, 0.15) is 11.2 Å². The van der Waals surface area contributed by atoms with Crippen molar-refractivity contribution >= 4 is 17.3 Å². The predicted molar refractivity (Wildman–Crippen MR) is 110 cm³/mol. The number of hydrogen-bond donors (Lipinski definition) is 1. The first-order chi connectivity index (χ1) is 13.5. The highest BCUT2D eigenvalue weighted by Gasteiger charge is 2.53. The molecule has 1 aliphatic rings. The van der Waals surface area contributed by atoms with Gasteiger partial charge in [-0.3, -0.25) is 4.79 Å². The van der Waals surface area contributed by atoms with E-state index in [1.54, 1.807) is 19.1 Å². The largest absolute Gasteiger partial charge is 0.426 e. The Morgan fingerprint density at radius 2 is 1.61 bits per heavy atom. The van der Waals surface area contributed by atoms with Crippen LogP contribution in [0.2, 0.25) is 0 Å². The highest BCUT2D eigenvalue weighted by molar-refractivity contribution is 5.97. The number of carbonyl (C=O) groups excluding carboxylic acids is 1. The molecule has 0 bridgehead atoms. The number of para-hydroxylation sites is 2. The maximum atomic E-state index is 13.6. The van der Waals surface area contributed by atoms with Crippen LogP contribution in [-0.2, 0) is 10.2 Å². The molecule has 3 aromatic carbocycles. The van der Waals surface area contributed by atoms with Crippen LogP contribution in [-0.4, -0.2) is 24.2 Å². The van der Waals surface area contributed by atoms with Crippen LogP contribution >= 0.6 is 0 Å². The standard InChI is InChI=1S/C24H23NO3/c1-16-13-14-20-22(15-16)25(3)21-12-8-7-11-19(21)24(20,17(2)26)23(27)28-18-9-5-4-6-10-18/h4-15,17,26H,1-3H3. The third-order valence-corrected chi connectivity index (χ3v) is 5.53. The number of carbonyl (C=O) groups is 1. The van der Waals surface area contributed by atoms with Gasteiger partial charge >= 0.3 is 5.97 Å². The number of rotatable bonds is 3. The molecule has 2 atom stereocenters. The summed E-state index contributed by atoms with van der Waals surface area (Å²) in [7, 11) is 1.98. The lowest BCUT2D eigenvalue weighted by Crippen LogP contribution is -2.51. The van der Waals surface area contributed by atoms with Crippen molar-refractivity contribution in [1.29, 1.82) is 0 Å². The van der Waals surface area contributed by atoms with E-state index in [0.29, 0.717) is 5.75 Å². The lowest BCUT2D eigenvalue weighted by atomic mass is 9.67. The van der Waals surface area contributed by atoms with Crippen molar-refractivity contribution in [1.82, 2.24) is 0 Å². The van der Waals surface area contributed by atoms with Gasteiger partial charge in [0.2, 0.25) is 0 Å². The molecule has 3 aromatic rings. The Bertz CT molecular complexity index is 1030. The topological polar surface area (TPSA) is 49.8 Å². The smallest absolute Gasteiger partial charge is 0.329 e. The van der Waals surface area contributed by atoms with Crippen molar-refractivity contribution in [2.75, 3.05) is 11.9 Å². The van der Waals surface area contributed by atoms with Crippen LogP contribution in [0.4, 0.5) is 11.4 Å². The first kappa shape index (κ1) is 18.3.